The minimum atomic E-state index is 0.513. The van der Waals surface area contributed by atoms with E-state index in [9.17, 15) is 0 Å². The van der Waals surface area contributed by atoms with Gasteiger partial charge >= 0.3 is 0 Å². The van der Waals surface area contributed by atoms with Crippen LogP contribution in [0.1, 0.15) is 37.5 Å². The molecule has 31 heavy (non-hydrogen) atoms. The number of hydrogen-bond acceptors (Lipinski definition) is 6. The van der Waals surface area contributed by atoms with Crippen molar-refractivity contribution in [3.8, 4) is 11.5 Å². The van der Waals surface area contributed by atoms with Crippen LogP contribution in [0.15, 0.2) is 58.2 Å². The molecule has 4 aromatic rings. The fourth-order valence-electron chi connectivity index (χ4n) is 3.19. The summed E-state index contributed by atoms with van der Waals surface area (Å²) in [6.45, 7) is 5.91. The first-order valence-electron chi connectivity index (χ1n) is 10.5. The molecular formula is C22H26N8O. The summed E-state index contributed by atoms with van der Waals surface area (Å²) in [5.74, 6) is 2.81. The zero-order chi connectivity index (χ0) is 21.5. The Labute approximate surface area is 180 Å². The lowest BCUT2D eigenvalue weighted by molar-refractivity contribution is 0.422. The predicted molar refractivity (Wildman–Crippen MR) is 118 cm³/mol. The summed E-state index contributed by atoms with van der Waals surface area (Å²) in [5, 5.41) is 19.1. The van der Waals surface area contributed by atoms with Crippen LogP contribution < -0.4 is 10.6 Å². The fourth-order valence-corrected chi connectivity index (χ4v) is 3.19. The maximum absolute atomic E-state index is 5.40. The van der Waals surface area contributed by atoms with Gasteiger partial charge in [-0.05, 0) is 43.2 Å². The number of nitrogens with one attached hydrogen (secondary N) is 2. The molecule has 1 aromatic carbocycles. The molecule has 0 amide bonds. The van der Waals surface area contributed by atoms with Crippen LogP contribution in [0, 0.1) is 0 Å². The highest BCUT2D eigenvalue weighted by Crippen LogP contribution is 2.19. The van der Waals surface area contributed by atoms with Gasteiger partial charge in [-0.3, -0.25) is 4.40 Å². The molecule has 9 nitrogen and oxygen atoms in total. The van der Waals surface area contributed by atoms with Crippen LogP contribution >= 0.6 is 0 Å². The van der Waals surface area contributed by atoms with Crippen molar-refractivity contribution in [2.24, 2.45) is 4.99 Å². The maximum Gasteiger partial charge on any atom is 0.257 e. The Balaban J connectivity index is 1.44. The van der Waals surface area contributed by atoms with Gasteiger partial charge in [0.15, 0.2) is 23.3 Å². The van der Waals surface area contributed by atoms with E-state index >= 15 is 0 Å². The van der Waals surface area contributed by atoms with E-state index in [2.05, 4.69) is 37.9 Å². The fraction of sp³-hybridized carbons (Fsp3) is 0.318. The summed E-state index contributed by atoms with van der Waals surface area (Å²) >= 11 is 0. The van der Waals surface area contributed by atoms with Gasteiger partial charge in [0.25, 0.3) is 5.89 Å². The number of guanidine groups is 1. The summed E-state index contributed by atoms with van der Waals surface area (Å²) in [4.78, 5) is 9.17. The molecule has 0 bridgehead atoms. The molecule has 3 heterocycles. The second-order valence-corrected chi connectivity index (χ2v) is 7.06. The van der Waals surface area contributed by atoms with Gasteiger partial charge in [0, 0.05) is 24.7 Å². The molecule has 160 valence electrons. The van der Waals surface area contributed by atoms with Crippen molar-refractivity contribution in [3.63, 3.8) is 0 Å². The molecule has 0 unspecified atom stereocenters. The number of aromatic nitrogens is 5. The summed E-state index contributed by atoms with van der Waals surface area (Å²) in [5.41, 5.74) is 2.77. The SMILES string of the molecule is CCCc1noc(-c2cccc(CN=C(NCC)NCc3nnc4ccccn34)c2)n1. The van der Waals surface area contributed by atoms with Crippen molar-refractivity contribution in [2.75, 3.05) is 6.54 Å². The molecule has 3 aromatic heterocycles. The number of fused-ring (bicyclic) bond motifs is 1. The number of nitrogens with zero attached hydrogens (tertiary/aromatic N) is 6. The van der Waals surface area contributed by atoms with Gasteiger partial charge in [0.2, 0.25) is 0 Å². The smallest absolute Gasteiger partial charge is 0.257 e. The molecule has 0 saturated heterocycles. The van der Waals surface area contributed by atoms with Gasteiger partial charge in [-0.15, -0.1) is 10.2 Å². The van der Waals surface area contributed by atoms with E-state index in [0.29, 0.717) is 24.9 Å². The minimum Gasteiger partial charge on any atom is -0.357 e. The molecular weight excluding hydrogens is 392 g/mol. The Morgan fingerprint density at radius 2 is 2.03 bits per heavy atom. The number of pyridine rings is 1. The first-order valence-corrected chi connectivity index (χ1v) is 10.5. The van der Waals surface area contributed by atoms with E-state index in [-0.39, 0.29) is 0 Å². The van der Waals surface area contributed by atoms with Crippen LogP contribution in [0.25, 0.3) is 17.1 Å². The molecule has 0 saturated carbocycles. The molecule has 2 N–H and O–H groups in total. The quantitative estimate of drug-likeness (QED) is 0.335. The average molecular weight is 419 g/mol. The highest BCUT2D eigenvalue weighted by molar-refractivity contribution is 5.79. The number of aliphatic imine (C=N–C) groups is 1. The Bertz CT molecular complexity index is 1160. The van der Waals surface area contributed by atoms with Crippen molar-refractivity contribution < 1.29 is 4.52 Å². The van der Waals surface area contributed by atoms with E-state index in [1.54, 1.807) is 0 Å². The van der Waals surface area contributed by atoms with Crippen LogP contribution in [0.4, 0.5) is 0 Å². The third kappa shape index (κ3) is 5.06. The molecule has 0 atom stereocenters. The van der Waals surface area contributed by atoms with E-state index in [0.717, 1.165) is 47.8 Å². The standard InChI is InChI=1S/C22H26N8O/c1-3-8-18-26-21(31-29-18)17-10-7-9-16(13-17)14-24-22(23-4-2)25-15-20-28-27-19-11-5-6-12-30(19)20/h5-7,9-13H,3-4,8,14-15H2,1-2H3,(H2,23,24,25). The Hall–Kier alpha value is -3.75. The minimum absolute atomic E-state index is 0.513. The van der Waals surface area contributed by atoms with Crippen molar-refractivity contribution >= 4 is 11.6 Å². The highest BCUT2D eigenvalue weighted by atomic mass is 16.5. The van der Waals surface area contributed by atoms with Gasteiger partial charge < -0.3 is 15.2 Å². The summed E-state index contributed by atoms with van der Waals surface area (Å²) in [6.07, 6.45) is 3.75. The van der Waals surface area contributed by atoms with Gasteiger partial charge in [-0.1, -0.05) is 30.3 Å². The lowest BCUT2D eigenvalue weighted by Gasteiger charge is -2.10. The normalized spacial score (nSPS) is 11.7. The van der Waals surface area contributed by atoms with Crippen LogP contribution in [0.2, 0.25) is 0 Å². The predicted octanol–water partition coefficient (Wildman–Crippen LogP) is 2.99. The number of benzene rings is 1. The van der Waals surface area contributed by atoms with Gasteiger partial charge in [-0.25, -0.2) is 4.99 Å². The van der Waals surface area contributed by atoms with E-state index < -0.39 is 0 Å². The number of aryl methyl sites for hydroxylation is 1. The molecule has 0 radical (unpaired) electrons. The second kappa shape index (κ2) is 9.84. The van der Waals surface area contributed by atoms with Crippen molar-refractivity contribution in [2.45, 2.75) is 39.8 Å². The maximum atomic E-state index is 5.40. The monoisotopic (exact) mass is 418 g/mol. The lowest BCUT2D eigenvalue weighted by atomic mass is 10.1. The second-order valence-electron chi connectivity index (χ2n) is 7.06. The first-order chi connectivity index (χ1) is 15.3. The zero-order valence-electron chi connectivity index (χ0n) is 17.7. The van der Waals surface area contributed by atoms with E-state index in [1.165, 1.54) is 0 Å². The van der Waals surface area contributed by atoms with Gasteiger partial charge in [-0.2, -0.15) is 4.98 Å². The largest absolute Gasteiger partial charge is 0.357 e. The van der Waals surface area contributed by atoms with Crippen molar-refractivity contribution in [1.82, 2.24) is 35.4 Å². The molecule has 0 fully saturated rings. The van der Waals surface area contributed by atoms with Crippen molar-refractivity contribution in [1.29, 1.82) is 0 Å². The third-order valence-electron chi connectivity index (χ3n) is 4.68. The van der Waals surface area contributed by atoms with Crippen LogP contribution in [-0.4, -0.2) is 37.2 Å². The van der Waals surface area contributed by atoms with Crippen LogP contribution in [0.5, 0.6) is 0 Å². The summed E-state index contributed by atoms with van der Waals surface area (Å²) < 4.78 is 7.36. The highest BCUT2D eigenvalue weighted by Gasteiger charge is 2.09. The van der Waals surface area contributed by atoms with Gasteiger partial charge in [0.05, 0.1) is 13.1 Å². The number of rotatable bonds is 8. The average Bonchev–Trinajstić information content (AvgIpc) is 3.43. The molecule has 4 rings (SSSR count). The topological polar surface area (TPSA) is 106 Å². The molecule has 0 aliphatic carbocycles. The molecule has 0 spiro atoms. The third-order valence-corrected chi connectivity index (χ3v) is 4.68. The van der Waals surface area contributed by atoms with Gasteiger partial charge in [0.1, 0.15) is 0 Å². The molecule has 0 aliphatic rings. The molecule has 0 aliphatic heterocycles. The Morgan fingerprint density at radius 3 is 2.90 bits per heavy atom. The van der Waals surface area contributed by atoms with Crippen molar-refractivity contribution in [3.05, 3.63) is 65.9 Å². The van der Waals surface area contributed by atoms with E-state index in [1.807, 2.05) is 60.0 Å². The lowest BCUT2D eigenvalue weighted by Crippen LogP contribution is -2.37. The Kier molecular flexibility index (Phi) is 6.51. The van der Waals surface area contributed by atoms with Crippen LogP contribution in [-0.2, 0) is 19.5 Å². The number of hydrogen-bond donors (Lipinski definition) is 2. The summed E-state index contributed by atoms with van der Waals surface area (Å²) in [7, 11) is 0. The Morgan fingerprint density at radius 1 is 1.10 bits per heavy atom. The van der Waals surface area contributed by atoms with E-state index in [4.69, 9.17) is 9.52 Å². The van der Waals surface area contributed by atoms with Crippen LogP contribution in [0.3, 0.4) is 0 Å². The first kappa shape index (κ1) is 20.5. The summed E-state index contributed by atoms with van der Waals surface area (Å²) in [6, 6.07) is 13.8. The zero-order valence-corrected chi connectivity index (χ0v) is 17.7. The molecule has 9 heteroatoms.